The second-order valence-corrected chi connectivity index (χ2v) is 6.15. The van der Waals surface area contributed by atoms with Gasteiger partial charge in [0, 0.05) is 11.1 Å². The van der Waals surface area contributed by atoms with Crippen molar-refractivity contribution < 1.29 is 14.9 Å². The van der Waals surface area contributed by atoms with Crippen LogP contribution in [0.1, 0.15) is 11.1 Å². The third-order valence-electron chi connectivity index (χ3n) is 4.41. The van der Waals surface area contributed by atoms with Crippen LogP contribution in [0.5, 0.6) is 11.5 Å². The fourth-order valence-corrected chi connectivity index (χ4v) is 3.05. The van der Waals surface area contributed by atoms with Gasteiger partial charge in [0.25, 0.3) is 0 Å². The van der Waals surface area contributed by atoms with Gasteiger partial charge in [-0.05, 0) is 45.8 Å². The van der Waals surface area contributed by atoms with Crippen LogP contribution in [0.25, 0.3) is 21.5 Å². The van der Waals surface area contributed by atoms with Crippen LogP contribution in [0.2, 0.25) is 0 Å². The van der Waals surface area contributed by atoms with Gasteiger partial charge in [-0.3, -0.25) is 0 Å². The first-order valence-electron chi connectivity index (χ1n) is 8.20. The Morgan fingerprint density at radius 1 is 0.560 bits per heavy atom. The molecule has 0 saturated carbocycles. The van der Waals surface area contributed by atoms with Crippen molar-refractivity contribution in [2.24, 2.45) is 0 Å². The molecule has 0 fully saturated rings. The summed E-state index contributed by atoms with van der Waals surface area (Å²) in [6.45, 7) is 0.561. The Hall–Kier alpha value is -3.04. The van der Waals surface area contributed by atoms with Crippen molar-refractivity contribution in [3.8, 4) is 11.5 Å². The van der Waals surface area contributed by atoms with Gasteiger partial charge in [0.2, 0.25) is 0 Å². The molecular formula is C22H18O3. The standard InChI is InChI=1S/C22H18O3/c23-21-11-17-7-3-1-5-15(17)9-19(21)13-25-14-20-10-16-6-2-4-8-18(16)12-22(20)24/h1-12,23-24H,13-14H2. The number of phenols is 2. The first-order chi connectivity index (χ1) is 12.2. The van der Waals surface area contributed by atoms with Crippen LogP contribution in [0.15, 0.2) is 72.8 Å². The summed E-state index contributed by atoms with van der Waals surface area (Å²) in [5, 5.41) is 24.5. The Morgan fingerprint density at radius 3 is 1.32 bits per heavy atom. The molecule has 0 aliphatic heterocycles. The molecule has 0 aromatic heterocycles. The number of ether oxygens (including phenoxy) is 1. The lowest BCUT2D eigenvalue weighted by Gasteiger charge is -2.10. The van der Waals surface area contributed by atoms with Crippen molar-refractivity contribution in [1.82, 2.24) is 0 Å². The summed E-state index contributed by atoms with van der Waals surface area (Å²) in [5.41, 5.74) is 1.47. The van der Waals surface area contributed by atoms with Crippen LogP contribution in [0.4, 0.5) is 0 Å². The van der Waals surface area contributed by atoms with Crippen LogP contribution in [0, 0.1) is 0 Å². The fraction of sp³-hybridized carbons (Fsp3) is 0.0909. The van der Waals surface area contributed by atoms with E-state index in [0.717, 1.165) is 32.7 Å². The third kappa shape index (κ3) is 3.14. The topological polar surface area (TPSA) is 49.7 Å². The van der Waals surface area contributed by atoms with E-state index in [0.29, 0.717) is 0 Å². The smallest absolute Gasteiger partial charge is 0.121 e. The van der Waals surface area contributed by atoms with E-state index in [-0.39, 0.29) is 24.7 Å². The van der Waals surface area contributed by atoms with Gasteiger partial charge in [0.15, 0.2) is 0 Å². The van der Waals surface area contributed by atoms with Gasteiger partial charge in [-0.15, -0.1) is 0 Å². The number of hydrogen-bond donors (Lipinski definition) is 2. The van der Waals surface area contributed by atoms with Crippen molar-refractivity contribution in [3.63, 3.8) is 0 Å². The predicted molar refractivity (Wildman–Crippen MR) is 99.7 cm³/mol. The summed E-state index contributed by atoms with van der Waals surface area (Å²) >= 11 is 0. The average molecular weight is 330 g/mol. The molecule has 0 spiro atoms. The van der Waals surface area contributed by atoms with Crippen molar-refractivity contribution in [2.75, 3.05) is 0 Å². The van der Waals surface area contributed by atoms with E-state index in [2.05, 4.69) is 0 Å². The van der Waals surface area contributed by atoms with E-state index in [1.807, 2.05) is 60.7 Å². The molecule has 0 saturated heterocycles. The van der Waals surface area contributed by atoms with Gasteiger partial charge in [-0.2, -0.15) is 0 Å². The first-order valence-corrected chi connectivity index (χ1v) is 8.20. The SMILES string of the molecule is Oc1cc2ccccc2cc1COCc1cc2ccccc2cc1O. The molecule has 0 atom stereocenters. The highest BCUT2D eigenvalue weighted by molar-refractivity contribution is 5.85. The van der Waals surface area contributed by atoms with Crippen LogP contribution >= 0.6 is 0 Å². The second-order valence-electron chi connectivity index (χ2n) is 6.15. The molecule has 0 heterocycles. The number of aromatic hydroxyl groups is 2. The van der Waals surface area contributed by atoms with E-state index < -0.39 is 0 Å². The van der Waals surface area contributed by atoms with E-state index in [9.17, 15) is 10.2 Å². The number of benzene rings is 4. The zero-order valence-electron chi connectivity index (χ0n) is 13.6. The average Bonchev–Trinajstić information content (AvgIpc) is 2.62. The highest BCUT2D eigenvalue weighted by Crippen LogP contribution is 2.28. The zero-order valence-corrected chi connectivity index (χ0v) is 13.6. The minimum atomic E-state index is 0.224. The van der Waals surface area contributed by atoms with E-state index in [1.54, 1.807) is 12.1 Å². The van der Waals surface area contributed by atoms with Gasteiger partial charge in [-0.25, -0.2) is 0 Å². The van der Waals surface area contributed by atoms with Crippen molar-refractivity contribution in [2.45, 2.75) is 13.2 Å². The van der Waals surface area contributed by atoms with E-state index >= 15 is 0 Å². The van der Waals surface area contributed by atoms with Crippen molar-refractivity contribution in [3.05, 3.63) is 83.9 Å². The summed E-state index contributed by atoms with van der Waals surface area (Å²) in [4.78, 5) is 0. The van der Waals surface area contributed by atoms with Gasteiger partial charge in [-0.1, -0.05) is 48.5 Å². The Balaban J connectivity index is 1.52. The molecule has 0 unspecified atom stereocenters. The summed E-state index contributed by atoms with van der Waals surface area (Å²) in [7, 11) is 0. The van der Waals surface area contributed by atoms with Crippen molar-refractivity contribution in [1.29, 1.82) is 0 Å². The Morgan fingerprint density at radius 2 is 0.920 bits per heavy atom. The number of hydrogen-bond acceptors (Lipinski definition) is 3. The fourth-order valence-electron chi connectivity index (χ4n) is 3.05. The summed E-state index contributed by atoms with van der Waals surface area (Å²) in [5.74, 6) is 0.447. The summed E-state index contributed by atoms with van der Waals surface area (Å²) < 4.78 is 5.75. The minimum absolute atomic E-state index is 0.224. The van der Waals surface area contributed by atoms with Crippen LogP contribution in [-0.2, 0) is 18.0 Å². The molecular weight excluding hydrogens is 312 g/mol. The molecule has 25 heavy (non-hydrogen) atoms. The van der Waals surface area contributed by atoms with E-state index in [4.69, 9.17) is 4.74 Å². The van der Waals surface area contributed by atoms with Gasteiger partial charge in [0.1, 0.15) is 11.5 Å². The molecule has 0 aliphatic carbocycles. The molecule has 4 aromatic carbocycles. The van der Waals surface area contributed by atoms with Crippen molar-refractivity contribution >= 4 is 21.5 Å². The summed E-state index contributed by atoms with van der Waals surface area (Å²) in [6.07, 6.45) is 0. The highest BCUT2D eigenvalue weighted by atomic mass is 16.5. The Bertz CT molecular complexity index is 968. The molecule has 124 valence electrons. The van der Waals surface area contributed by atoms with Crippen LogP contribution in [0.3, 0.4) is 0 Å². The lowest BCUT2D eigenvalue weighted by atomic mass is 10.1. The molecule has 3 heteroatoms. The molecule has 3 nitrogen and oxygen atoms in total. The maximum atomic E-state index is 10.2. The van der Waals surface area contributed by atoms with Crippen LogP contribution in [-0.4, -0.2) is 10.2 Å². The molecule has 4 rings (SSSR count). The van der Waals surface area contributed by atoms with Gasteiger partial charge in [0.05, 0.1) is 13.2 Å². The van der Waals surface area contributed by atoms with Crippen LogP contribution < -0.4 is 0 Å². The quantitative estimate of drug-likeness (QED) is 0.546. The maximum absolute atomic E-state index is 10.2. The largest absolute Gasteiger partial charge is 0.508 e. The Labute approximate surface area is 145 Å². The van der Waals surface area contributed by atoms with E-state index in [1.165, 1.54) is 0 Å². The first kappa shape index (κ1) is 15.5. The summed E-state index contributed by atoms with van der Waals surface area (Å²) in [6, 6.07) is 23.1. The number of fused-ring (bicyclic) bond motifs is 2. The lowest BCUT2D eigenvalue weighted by molar-refractivity contribution is 0.104. The number of phenolic OH excluding ortho intramolecular Hbond substituents is 2. The third-order valence-corrected chi connectivity index (χ3v) is 4.41. The van der Waals surface area contributed by atoms with Gasteiger partial charge >= 0.3 is 0 Å². The molecule has 0 radical (unpaired) electrons. The maximum Gasteiger partial charge on any atom is 0.121 e. The molecule has 0 aliphatic rings. The monoisotopic (exact) mass is 330 g/mol. The highest BCUT2D eigenvalue weighted by Gasteiger charge is 2.07. The minimum Gasteiger partial charge on any atom is -0.508 e. The zero-order chi connectivity index (χ0) is 17.2. The normalized spacial score (nSPS) is 11.2. The van der Waals surface area contributed by atoms with Gasteiger partial charge < -0.3 is 14.9 Å². The Kier molecular flexibility index (Phi) is 4.00. The lowest BCUT2D eigenvalue weighted by Crippen LogP contribution is -1.96. The molecule has 2 N–H and O–H groups in total. The molecule has 0 bridgehead atoms. The predicted octanol–water partition coefficient (Wildman–Crippen LogP) is 5.12. The second kappa shape index (κ2) is 6.46. The number of rotatable bonds is 4. The molecule has 0 amide bonds. The molecule has 4 aromatic rings.